The van der Waals surface area contributed by atoms with Crippen molar-refractivity contribution in [3.63, 3.8) is 0 Å². The van der Waals surface area contributed by atoms with Crippen LogP contribution in [0.5, 0.6) is 0 Å². The van der Waals surface area contributed by atoms with E-state index >= 15 is 0 Å². The zero-order valence-electron chi connectivity index (χ0n) is 17.0. The Morgan fingerprint density at radius 2 is 1.87 bits per heavy atom. The van der Waals surface area contributed by atoms with Gasteiger partial charge in [-0.25, -0.2) is 4.39 Å². The third-order valence-electron chi connectivity index (χ3n) is 5.94. The minimum absolute atomic E-state index is 0.0639. The van der Waals surface area contributed by atoms with Crippen LogP contribution in [0.1, 0.15) is 24.8 Å². The first-order valence-corrected chi connectivity index (χ1v) is 10.4. The molecule has 4 rings (SSSR count). The molecule has 0 aliphatic carbocycles. The molecule has 162 valence electrons. The Kier molecular flexibility index (Phi) is 5.43. The molecule has 0 spiro atoms. The number of hydrogen-bond donors (Lipinski definition) is 0. The number of likely N-dealkylation sites (N-methyl/N-ethyl adjacent to an activating group) is 1. The SMILES string of the molecule is C=C1CCCN(C)C(=O)C2=C3CCN(Cc4ccc(F)c(Cl)c4)C(=O)C3C(=O)C(=O)N12. The lowest BCUT2D eigenvalue weighted by molar-refractivity contribution is -0.153. The molecule has 1 aromatic rings. The summed E-state index contributed by atoms with van der Waals surface area (Å²) in [7, 11) is 1.63. The summed E-state index contributed by atoms with van der Waals surface area (Å²) in [4.78, 5) is 56.2. The van der Waals surface area contributed by atoms with Crippen LogP contribution in [-0.4, -0.2) is 58.3 Å². The first kappa shape index (κ1) is 21.2. The maximum Gasteiger partial charge on any atom is 0.300 e. The largest absolute Gasteiger partial charge is 0.340 e. The minimum Gasteiger partial charge on any atom is -0.340 e. The van der Waals surface area contributed by atoms with Gasteiger partial charge in [0.2, 0.25) is 11.7 Å². The first-order valence-electron chi connectivity index (χ1n) is 9.98. The summed E-state index contributed by atoms with van der Waals surface area (Å²) in [6.07, 6.45) is 1.35. The Bertz CT molecular complexity index is 1070. The maximum absolute atomic E-state index is 13.4. The summed E-state index contributed by atoms with van der Waals surface area (Å²) in [5, 5.41) is -0.0639. The predicted octanol–water partition coefficient (Wildman–Crippen LogP) is 2.26. The number of halogens is 2. The molecule has 0 bridgehead atoms. The fourth-order valence-electron chi connectivity index (χ4n) is 4.31. The number of nitrogens with zero attached hydrogens (tertiary/aromatic N) is 3. The number of rotatable bonds is 2. The number of Topliss-reactive ketones (excluding diaryl/α,β-unsaturated/α-hetero) is 1. The van der Waals surface area contributed by atoms with Crippen LogP contribution in [-0.2, 0) is 25.7 Å². The number of allylic oxidation sites excluding steroid dienone is 1. The van der Waals surface area contributed by atoms with Gasteiger partial charge in [-0.2, -0.15) is 0 Å². The molecule has 9 heteroatoms. The molecule has 3 amide bonds. The van der Waals surface area contributed by atoms with E-state index in [1.807, 2.05) is 0 Å². The molecule has 1 unspecified atom stereocenters. The van der Waals surface area contributed by atoms with Crippen LogP contribution in [0.15, 0.2) is 41.7 Å². The van der Waals surface area contributed by atoms with E-state index in [1.54, 1.807) is 7.05 Å². The summed E-state index contributed by atoms with van der Waals surface area (Å²) >= 11 is 5.83. The van der Waals surface area contributed by atoms with E-state index in [2.05, 4.69) is 6.58 Å². The van der Waals surface area contributed by atoms with E-state index < -0.39 is 35.2 Å². The number of ketones is 1. The van der Waals surface area contributed by atoms with Gasteiger partial charge >= 0.3 is 0 Å². The van der Waals surface area contributed by atoms with Gasteiger partial charge in [0, 0.05) is 32.4 Å². The molecular weight excluding hydrogens is 425 g/mol. The van der Waals surface area contributed by atoms with Crippen LogP contribution in [0.2, 0.25) is 5.02 Å². The molecule has 3 aliphatic rings. The third-order valence-corrected chi connectivity index (χ3v) is 6.23. The number of piperidine rings is 1. The van der Waals surface area contributed by atoms with Crippen LogP contribution in [0.3, 0.4) is 0 Å². The third kappa shape index (κ3) is 3.54. The lowest BCUT2D eigenvalue weighted by atomic mass is 9.81. The quantitative estimate of drug-likeness (QED) is 0.516. The van der Waals surface area contributed by atoms with Gasteiger partial charge < -0.3 is 9.80 Å². The summed E-state index contributed by atoms with van der Waals surface area (Å²) < 4.78 is 13.4. The van der Waals surface area contributed by atoms with Crippen LogP contribution >= 0.6 is 11.6 Å². The monoisotopic (exact) mass is 445 g/mol. The summed E-state index contributed by atoms with van der Waals surface area (Å²) in [5.41, 5.74) is 1.43. The Labute approximate surface area is 183 Å². The van der Waals surface area contributed by atoms with Crippen molar-refractivity contribution in [2.75, 3.05) is 20.1 Å². The summed E-state index contributed by atoms with van der Waals surface area (Å²) in [6, 6.07) is 4.14. The Hall–Kier alpha value is -3.00. The van der Waals surface area contributed by atoms with Crippen LogP contribution in [0, 0.1) is 11.7 Å². The summed E-state index contributed by atoms with van der Waals surface area (Å²) in [6.45, 7) is 4.75. The van der Waals surface area contributed by atoms with Crippen molar-refractivity contribution < 1.29 is 23.6 Å². The van der Waals surface area contributed by atoms with E-state index in [0.717, 1.165) is 4.90 Å². The minimum atomic E-state index is -1.33. The molecule has 1 atom stereocenters. The molecule has 0 saturated carbocycles. The van der Waals surface area contributed by atoms with Crippen LogP contribution < -0.4 is 0 Å². The van der Waals surface area contributed by atoms with E-state index in [0.29, 0.717) is 36.2 Å². The van der Waals surface area contributed by atoms with Gasteiger partial charge in [0.1, 0.15) is 17.4 Å². The Balaban J connectivity index is 1.72. The van der Waals surface area contributed by atoms with E-state index in [4.69, 9.17) is 11.6 Å². The second-order valence-corrected chi connectivity index (χ2v) is 8.37. The number of fused-ring (bicyclic) bond motifs is 2. The van der Waals surface area contributed by atoms with Crippen molar-refractivity contribution in [3.8, 4) is 0 Å². The van der Waals surface area contributed by atoms with Crippen molar-refractivity contribution in [3.05, 3.63) is 58.1 Å². The van der Waals surface area contributed by atoms with Gasteiger partial charge in [-0.1, -0.05) is 24.2 Å². The molecular formula is C22H21ClFN3O4. The average Bonchev–Trinajstić information content (AvgIpc) is 2.73. The zero-order valence-corrected chi connectivity index (χ0v) is 17.7. The van der Waals surface area contributed by atoms with Gasteiger partial charge in [-0.3, -0.25) is 24.1 Å². The van der Waals surface area contributed by atoms with Gasteiger partial charge in [-0.15, -0.1) is 0 Å². The molecule has 0 aromatic heterocycles. The lowest BCUT2D eigenvalue weighted by Gasteiger charge is -2.42. The molecule has 0 radical (unpaired) electrons. The average molecular weight is 446 g/mol. The standard InChI is InChI=1S/C22H21ClFN3O4/c1-12-4-3-8-25(2)21(30)18-14-7-9-26(11-13-5-6-16(24)15(23)10-13)20(29)17(14)19(28)22(31)27(12)18/h5-6,10,17H,1,3-4,7-9,11H2,2H3. The fraction of sp³-hybridized carbons (Fsp3) is 0.364. The maximum atomic E-state index is 13.4. The van der Waals surface area contributed by atoms with Crippen LogP contribution in [0.25, 0.3) is 0 Å². The highest BCUT2D eigenvalue weighted by Gasteiger charge is 2.50. The summed E-state index contributed by atoms with van der Waals surface area (Å²) in [5.74, 6) is -4.60. The highest BCUT2D eigenvalue weighted by molar-refractivity contribution is 6.43. The van der Waals surface area contributed by atoms with Gasteiger partial charge in [0.25, 0.3) is 11.8 Å². The van der Waals surface area contributed by atoms with Gasteiger partial charge in [0.15, 0.2) is 0 Å². The molecule has 7 nitrogen and oxygen atoms in total. The van der Waals surface area contributed by atoms with Crippen molar-refractivity contribution >= 4 is 35.1 Å². The smallest absolute Gasteiger partial charge is 0.300 e. The molecule has 1 aromatic carbocycles. The van der Waals surface area contributed by atoms with E-state index in [9.17, 15) is 23.6 Å². The Morgan fingerprint density at radius 3 is 2.58 bits per heavy atom. The highest BCUT2D eigenvalue weighted by atomic mass is 35.5. The molecule has 3 aliphatic heterocycles. The molecule has 3 heterocycles. The second-order valence-electron chi connectivity index (χ2n) is 7.97. The number of hydrogen-bond acceptors (Lipinski definition) is 4. The number of benzene rings is 1. The number of carbonyl (C=O) groups excluding carboxylic acids is 4. The highest BCUT2D eigenvalue weighted by Crippen LogP contribution is 2.38. The van der Waals surface area contributed by atoms with Crippen molar-refractivity contribution in [1.82, 2.24) is 14.7 Å². The second kappa shape index (κ2) is 7.92. The fourth-order valence-corrected chi connectivity index (χ4v) is 4.51. The zero-order chi connectivity index (χ0) is 22.4. The van der Waals surface area contributed by atoms with Gasteiger partial charge in [-0.05, 0) is 42.5 Å². The van der Waals surface area contributed by atoms with Crippen LogP contribution in [0.4, 0.5) is 4.39 Å². The number of carbonyl (C=O) groups is 4. The predicted molar refractivity (Wildman–Crippen MR) is 110 cm³/mol. The molecule has 2 fully saturated rings. The molecule has 31 heavy (non-hydrogen) atoms. The van der Waals surface area contributed by atoms with E-state index in [1.165, 1.54) is 28.0 Å². The lowest BCUT2D eigenvalue weighted by Crippen LogP contribution is -2.56. The molecule has 2 saturated heterocycles. The Morgan fingerprint density at radius 1 is 1.13 bits per heavy atom. The van der Waals surface area contributed by atoms with Crippen molar-refractivity contribution in [2.24, 2.45) is 5.92 Å². The molecule has 0 N–H and O–H groups in total. The van der Waals surface area contributed by atoms with E-state index in [-0.39, 0.29) is 30.2 Å². The van der Waals surface area contributed by atoms with Crippen molar-refractivity contribution in [1.29, 1.82) is 0 Å². The number of likely N-dealkylation sites (tertiary alicyclic amines) is 1. The van der Waals surface area contributed by atoms with Crippen molar-refractivity contribution in [2.45, 2.75) is 25.8 Å². The normalized spacial score (nSPS) is 22.5. The first-order chi connectivity index (χ1) is 14.7. The van der Waals surface area contributed by atoms with Gasteiger partial charge in [0.05, 0.1) is 5.02 Å². The topological polar surface area (TPSA) is 78.0 Å². The number of amides is 3.